The Kier molecular flexibility index (Phi) is 7.35. The van der Waals surface area contributed by atoms with Gasteiger partial charge in [0.2, 0.25) is 0 Å². The van der Waals surface area contributed by atoms with Crippen LogP contribution in [0.1, 0.15) is 16.7 Å². The number of ether oxygens (including phenoxy) is 1. The molecule has 0 saturated carbocycles. The van der Waals surface area contributed by atoms with E-state index in [2.05, 4.69) is 37.5 Å². The van der Waals surface area contributed by atoms with E-state index in [4.69, 9.17) is 0 Å². The Balaban J connectivity index is 1.41. The van der Waals surface area contributed by atoms with Crippen LogP contribution in [-0.2, 0) is 24.3 Å². The summed E-state index contributed by atoms with van der Waals surface area (Å²) in [6.45, 7) is -0.0193. The first-order valence-electron chi connectivity index (χ1n) is 9.66. The lowest BCUT2D eigenvalue weighted by Crippen LogP contribution is -2.37. The Morgan fingerprint density at radius 2 is 1.77 bits per heavy atom. The highest BCUT2D eigenvalue weighted by molar-refractivity contribution is 5.83. The van der Waals surface area contributed by atoms with E-state index >= 15 is 0 Å². The van der Waals surface area contributed by atoms with E-state index in [9.17, 15) is 13.2 Å². The van der Waals surface area contributed by atoms with E-state index in [0.29, 0.717) is 18.1 Å². The molecule has 1 aromatic heterocycles. The van der Waals surface area contributed by atoms with E-state index in [1.807, 2.05) is 30.5 Å². The second-order valence-corrected chi connectivity index (χ2v) is 6.89. The lowest BCUT2D eigenvalue weighted by molar-refractivity contribution is -0.176. The van der Waals surface area contributed by atoms with Crippen LogP contribution in [-0.4, -0.2) is 37.3 Å². The third-order valence-electron chi connectivity index (χ3n) is 4.60. The van der Waals surface area contributed by atoms with E-state index in [1.54, 1.807) is 19.2 Å². The van der Waals surface area contributed by atoms with Gasteiger partial charge in [0.25, 0.3) is 0 Å². The van der Waals surface area contributed by atoms with E-state index in [-0.39, 0.29) is 6.61 Å². The van der Waals surface area contributed by atoms with Crippen LogP contribution in [0.2, 0.25) is 0 Å². The zero-order valence-electron chi connectivity index (χ0n) is 16.7. The minimum Gasteiger partial charge on any atom is -0.367 e. The first-order chi connectivity index (χ1) is 14.4. The molecule has 3 rings (SSSR count). The smallest absolute Gasteiger partial charge is 0.367 e. The molecule has 3 aromatic rings. The molecule has 0 aliphatic rings. The summed E-state index contributed by atoms with van der Waals surface area (Å²) in [5.74, 6) is 0.687. The molecule has 0 fully saturated rings. The number of hydrogen-bond donors (Lipinski definition) is 3. The molecule has 0 unspecified atom stereocenters. The summed E-state index contributed by atoms with van der Waals surface area (Å²) in [6.07, 6.45) is -1.42. The van der Waals surface area contributed by atoms with E-state index in [1.165, 1.54) is 10.9 Å². The normalized spacial score (nSPS) is 12.3. The summed E-state index contributed by atoms with van der Waals surface area (Å²) in [6, 6.07) is 15.4. The van der Waals surface area contributed by atoms with Crippen molar-refractivity contribution < 1.29 is 17.9 Å². The Morgan fingerprint density at radius 3 is 2.50 bits per heavy atom. The van der Waals surface area contributed by atoms with Crippen molar-refractivity contribution in [2.75, 3.05) is 20.2 Å². The molecule has 160 valence electrons. The number of rotatable bonds is 8. The molecule has 2 aromatic carbocycles. The topological polar surface area (TPSA) is 61.4 Å². The summed E-state index contributed by atoms with van der Waals surface area (Å²) in [5.41, 5.74) is 4.07. The number of nitrogens with zero attached hydrogens (tertiary/aromatic N) is 1. The van der Waals surface area contributed by atoms with Gasteiger partial charge < -0.3 is 20.4 Å². The summed E-state index contributed by atoms with van der Waals surface area (Å²) in [7, 11) is 1.71. The van der Waals surface area contributed by atoms with Crippen molar-refractivity contribution in [2.45, 2.75) is 25.7 Å². The summed E-state index contributed by atoms with van der Waals surface area (Å²) >= 11 is 0. The number of aromatic amines is 1. The van der Waals surface area contributed by atoms with Gasteiger partial charge in [-0.15, -0.1) is 0 Å². The van der Waals surface area contributed by atoms with Gasteiger partial charge in [0.15, 0.2) is 5.96 Å². The maximum absolute atomic E-state index is 12.1. The Hall–Kier alpha value is -3.00. The Morgan fingerprint density at radius 1 is 1.03 bits per heavy atom. The van der Waals surface area contributed by atoms with Gasteiger partial charge in [-0.05, 0) is 29.2 Å². The van der Waals surface area contributed by atoms with Crippen LogP contribution >= 0.6 is 0 Å². The predicted molar refractivity (Wildman–Crippen MR) is 112 cm³/mol. The van der Waals surface area contributed by atoms with E-state index in [0.717, 1.165) is 24.0 Å². The predicted octanol–water partition coefficient (Wildman–Crippen LogP) is 4.15. The van der Waals surface area contributed by atoms with Gasteiger partial charge in [-0.25, -0.2) is 0 Å². The first kappa shape index (κ1) is 21.7. The molecular weight excluding hydrogens is 393 g/mol. The van der Waals surface area contributed by atoms with Crippen molar-refractivity contribution in [3.8, 4) is 0 Å². The van der Waals surface area contributed by atoms with Crippen LogP contribution in [0.15, 0.2) is 59.7 Å². The van der Waals surface area contributed by atoms with Gasteiger partial charge in [-0.3, -0.25) is 4.99 Å². The van der Waals surface area contributed by atoms with Gasteiger partial charge in [-0.2, -0.15) is 13.2 Å². The summed E-state index contributed by atoms with van der Waals surface area (Å²) in [4.78, 5) is 7.50. The van der Waals surface area contributed by atoms with Gasteiger partial charge in [0, 0.05) is 37.2 Å². The number of benzene rings is 2. The van der Waals surface area contributed by atoms with Gasteiger partial charge in [0.05, 0.1) is 6.61 Å². The monoisotopic (exact) mass is 418 g/mol. The highest BCUT2D eigenvalue weighted by atomic mass is 19.4. The molecule has 0 amide bonds. The average Bonchev–Trinajstić information content (AvgIpc) is 3.14. The van der Waals surface area contributed by atoms with Crippen LogP contribution in [0, 0.1) is 0 Å². The fourth-order valence-corrected chi connectivity index (χ4v) is 3.10. The molecule has 0 bridgehead atoms. The second-order valence-electron chi connectivity index (χ2n) is 6.89. The quantitative estimate of drug-likeness (QED) is 0.380. The standard InChI is InChI=1S/C22H25F3N4O/c1-26-21(27-11-10-18-13-28-20-5-3-2-4-19(18)20)29-12-16-6-8-17(9-7-16)14-30-15-22(23,24)25/h2-9,13,28H,10-12,14-15H2,1H3,(H2,26,27,29). The first-order valence-corrected chi connectivity index (χ1v) is 9.66. The molecule has 1 heterocycles. The van der Waals surface area contributed by atoms with Crippen LogP contribution in [0.5, 0.6) is 0 Å². The number of para-hydroxylation sites is 1. The highest BCUT2D eigenvalue weighted by Crippen LogP contribution is 2.18. The molecule has 0 saturated heterocycles. The minimum absolute atomic E-state index is 0.0652. The largest absolute Gasteiger partial charge is 0.411 e. The number of aliphatic imine (C=N–C) groups is 1. The number of alkyl halides is 3. The highest BCUT2D eigenvalue weighted by Gasteiger charge is 2.27. The van der Waals surface area contributed by atoms with Gasteiger partial charge >= 0.3 is 6.18 Å². The maximum atomic E-state index is 12.1. The van der Waals surface area contributed by atoms with Gasteiger partial charge in [0.1, 0.15) is 6.61 Å². The molecule has 3 N–H and O–H groups in total. The third kappa shape index (κ3) is 6.52. The van der Waals surface area contributed by atoms with Gasteiger partial charge in [-0.1, -0.05) is 42.5 Å². The van der Waals surface area contributed by atoms with Crippen molar-refractivity contribution >= 4 is 16.9 Å². The third-order valence-corrected chi connectivity index (χ3v) is 4.60. The number of hydrogen-bond acceptors (Lipinski definition) is 2. The summed E-state index contributed by atoms with van der Waals surface area (Å²) < 4.78 is 41.0. The van der Waals surface area contributed by atoms with Crippen molar-refractivity contribution in [3.05, 3.63) is 71.4 Å². The number of halogens is 3. The fraction of sp³-hybridized carbons (Fsp3) is 0.318. The maximum Gasteiger partial charge on any atom is 0.411 e. The van der Waals surface area contributed by atoms with Crippen LogP contribution in [0.25, 0.3) is 10.9 Å². The second kappa shape index (κ2) is 10.2. The lowest BCUT2D eigenvalue weighted by atomic mass is 10.1. The SMILES string of the molecule is CN=C(NCCc1c[nH]c2ccccc12)NCc1ccc(COCC(F)(F)F)cc1. The molecule has 0 aliphatic heterocycles. The Bertz CT molecular complexity index is 964. The molecule has 8 heteroatoms. The number of nitrogens with one attached hydrogen (secondary N) is 3. The van der Waals surface area contributed by atoms with Crippen LogP contribution in [0.4, 0.5) is 13.2 Å². The zero-order valence-corrected chi connectivity index (χ0v) is 16.7. The minimum atomic E-state index is -4.30. The Labute approximate surface area is 173 Å². The molecule has 0 atom stereocenters. The average molecular weight is 418 g/mol. The van der Waals surface area contributed by atoms with Crippen molar-refractivity contribution in [3.63, 3.8) is 0 Å². The van der Waals surface area contributed by atoms with Crippen LogP contribution < -0.4 is 10.6 Å². The van der Waals surface area contributed by atoms with E-state index < -0.39 is 12.8 Å². The molecule has 0 spiro atoms. The summed E-state index contributed by atoms with van der Waals surface area (Å²) in [5, 5.41) is 7.75. The van der Waals surface area contributed by atoms with Crippen LogP contribution in [0.3, 0.4) is 0 Å². The number of H-pyrrole nitrogens is 1. The fourth-order valence-electron chi connectivity index (χ4n) is 3.10. The molecule has 0 aliphatic carbocycles. The molecule has 5 nitrogen and oxygen atoms in total. The number of aromatic nitrogens is 1. The molecule has 30 heavy (non-hydrogen) atoms. The number of guanidine groups is 1. The van der Waals surface area contributed by atoms with Crippen molar-refractivity contribution in [1.29, 1.82) is 0 Å². The molecule has 0 radical (unpaired) electrons. The van der Waals surface area contributed by atoms with Crippen molar-refractivity contribution in [2.24, 2.45) is 4.99 Å². The zero-order chi connectivity index (χ0) is 21.4. The lowest BCUT2D eigenvalue weighted by Gasteiger charge is -2.12. The number of fused-ring (bicyclic) bond motifs is 1. The van der Waals surface area contributed by atoms with Crippen molar-refractivity contribution in [1.82, 2.24) is 15.6 Å². The molecular formula is C22H25F3N4O.